The summed E-state index contributed by atoms with van der Waals surface area (Å²) in [5.41, 5.74) is 2.49. The first kappa shape index (κ1) is 22.7. The molecule has 164 valence electrons. The number of nitrogens with one attached hydrogen (secondary N) is 1. The second-order valence-corrected chi connectivity index (χ2v) is 8.96. The van der Waals surface area contributed by atoms with Crippen LogP contribution in [0.5, 0.6) is 0 Å². The van der Waals surface area contributed by atoms with E-state index in [0.29, 0.717) is 6.42 Å². The van der Waals surface area contributed by atoms with E-state index in [0.717, 1.165) is 76.0 Å². The quantitative estimate of drug-likeness (QED) is 0.628. The van der Waals surface area contributed by atoms with Gasteiger partial charge in [-0.05, 0) is 25.8 Å². The van der Waals surface area contributed by atoms with E-state index in [9.17, 15) is 4.79 Å². The molecule has 0 saturated carbocycles. The number of hydrogen-bond donors (Lipinski definition) is 1. The summed E-state index contributed by atoms with van der Waals surface area (Å²) in [6.07, 6.45) is 3.53. The van der Waals surface area contributed by atoms with Crippen LogP contribution in [0.3, 0.4) is 0 Å². The first-order valence-electron chi connectivity index (χ1n) is 11.3. The van der Waals surface area contributed by atoms with Crippen LogP contribution in [-0.4, -0.2) is 66.0 Å². The van der Waals surface area contributed by atoms with Crippen molar-refractivity contribution in [3.63, 3.8) is 0 Å². The Hall–Kier alpha value is -1.99. The third kappa shape index (κ3) is 6.51. The molecule has 0 atom stereocenters. The highest BCUT2D eigenvalue weighted by molar-refractivity contribution is 7.09. The fourth-order valence-corrected chi connectivity index (χ4v) is 4.54. The number of nitrogens with zero attached hydrogens (tertiary/aromatic N) is 4. The molecule has 0 radical (unpaired) electrons. The molecule has 1 N–H and O–H groups in total. The largest absolute Gasteiger partial charge is 0.346 e. The number of likely N-dealkylation sites (N-methyl/N-ethyl adjacent to an activating group) is 1. The van der Waals surface area contributed by atoms with Gasteiger partial charge >= 0.3 is 0 Å². The number of quaternary nitrogens is 1. The van der Waals surface area contributed by atoms with Gasteiger partial charge in [-0.2, -0.15) is 4.37 Å². The average Bonchev–Trinajstić information content (AvgIpc) is 3.23. The maximum Gasteiger partial charge on any atom is 0.224 e. The average molecular weight is 431 g/mol. The fourth-order valence-electron chi connectivity index (χ4n) is 3.80. The molecule has 0 aliphatic carbocycles. The summed E-state index contributed by atoms with van der Waals surface area (Å²) in [6.45, 7) is 13.2. The van der Waals surface area contributed by atoms with Crippen molar-refractivity contribution in [3.05, 3.63) is 41.2 Å². The highest BCUT2D eigenvalue weighted by atomic mass is 32.1. The molecule has 1 aliphatic rings. The molecule has 3 rings (SSSR count). The van der Waals surface area contributed by atoms with Gasteiger partial charge in [-0.25, -0.2) is 4.98 Å². The number of rotatable bonds is 10. The molecule has 1 saturated heterocycles. The van der Waals surface area contributed by atoms with Crippen LogP contribution in [0.1, 0.15) is 50.1 Å². The van der Waals surface area contributed by atoms with Crippen LogP contribution in [-0.2, 0) is 11.2 Å². The number of amides is 1. The number of unbranched alkanes of at least 4 members (excludes halogenated alkanes) is 1. The fraction of sp³-hybridized carbons (Fsp3) is 0.609. The summed E-state index contributed by atoms with van der Waals surface area (Å²) in [6, 6.07) is 8.54. The standard InChI is InChI=1S/C23H35N5OS/c1-4-6-12-28(13-11-22(29)27-16-14-26(5-2)15-17-27)23-24-21(25-30-23)18-20-9-7-19(3)8-10-20/h7-10H,4-6,11-18H2,1-3H3/p+1. The van der Waals surface area contributed by atoms with Crippen molar-refractivity contribution in [2.75, 3.05) is 50.7 Å². The molecule has 30 heavy (non-hydrogen) atoms. The van der Waals surface area contributed by atoms with E-state index in [2.05, 4.69) is 54.3 Å². The second kappa shape index (κ2) is 11.4. The van der Waals surface area contributed by atoms with Gasteiger partial charge in [0.1, 0.15) is 5.82 Å². The zero-order valence-electron chi connectivity index (χ0n) is 18.7. The van der Waals surface area contributed by atoms with Gasteiger partial charge in [0.25, 0.3) is 0 Å². The number of piperazine rings is 1. The lowest BCUT2D eigenvalue weighted by Crippen LogP contribution is -3.14. The van der Waals surface area contributed by atoms with Gasteiger partial charge in [0.2, 0.25) is 11.0 Å². The second-order valence-electron chi connectivity index (χ2n) is 8.23. The van der Waals surface area contributed by atoms with Gasteiger partial charge in [-0.3, -0.25) is 4.79 Å². The zero-order chi connectivity index (χ0) is 21.3. The highest BCUT2D eigenvalue weighted by Crippen LogP contribution is 2.20. The first-order valence-corrected chi connectivity index (χ1v) is 12.1. The topological polar surface area (TPSA) is 53.8 Å². The monoisotopic (exact) mass is 430 g/mol. The highest BCUT2D eigenvalue weighted by Gasteiger charge is 2.23. The molecule has 2 heterocycles. The summed E-state index contributed by atoms with van der Waals surface area (Å²) < 4.78 is 4.59. The minimum absolute atomic E-state index is 0.274. The minimum atomic E-state index is 0.274. The Morgan fingerprint density at radius 3 is 2.57 bits per heavy atom. The molecular weight excluding hydrogens is 394 g/mol. The van der Waals surface area contributed by atoms with Crippen molar-refractivity contribution < 1.29 is 9.69 Å². The molecule has 2 aromatic rings. The van der Waals surface area contributed by atoms with E-state index < -0.39 is 0 Å². The van der Waals surface area contributed by atoms with E-state index in [1.165, 1.54) is 22.7 Å². The number of aryl methyl sites for hydroxylation is 1. The van der Waals surface area contributed by atoms with Crippen LogP contribution >= 0.6 is 11.5 Å². The number of hydrogen-bond acceptors (Lipinski definition) is 5. The van der Waals surface area contributed by atoms with Crippen LogP contribution in [0.25, 0.3) is 0 Å². The van der Waals surface area contributed by atoms with E-state index >= 15 is 0 Å². The van der Waals surface area contributed by atoms with Crippen LogP contribution in [0.15, 0.2) is 24.3 Å². The Balaban J connectivity index is 1.56. The van der Waals surface area contributed by atoms with Crippen molar-refractivity contribution in [2.24, 2.45) is 0 Å². The van der Waals surface area contributed by atoms with E-state index in [4.69, 9.17) is 4.98 Å². The molecule has 1 aromatic carbocycles. The Kier molecular flexibility index (Phi) is 8.63. The SMILES string of the molecule is CCCCN(CCC(=O)N1CC[NH+](CC)CC1)c1nc(Cc2ccc(C)cc2)ns1. The van der Waals surface area contributed by atoms with Gasteiger partial charge in [-0.15, -0.1) is 0 Å². The van der Waals surface area contributed by atoms with Gasteiger partial charge in [0, 0.05) is 37.5 Å². The number of aromatic nitrogens is 2. The zero-order valence-corrected chi connectivity index (χ0v) is 19.5. The third-order valence-electron chi connectivity index (χ3n) is 5.91. The van der Waals surface area contributed by atoms with E-state index in [1.54, 1.807) is 4.90 Å². The molecule has 1 aliphatic heterocycles. The van der Waals surface area contributed by atoms with Crippen LogP contribution in [0.4, 0.5) is 5.13 Å². The smallest absolute Gasteiger partial charge is 0.224 e. The molecule has 0 unspecified atom stereocenters. The molecule has 6 nitrogen and oxygen atoms in total. The lowest BCUT2D eigenvalue weighted by atomic mass is 10.1. The molecule has 1 amide bonds. The lowest BCUT2D eigenvalue weighted by Gasteiger charge is -2.32. The van der Waals surface area contributed by atoms with E-state index in [-0.39, 0.29) is 5.91 Å². The normalized spacial score (nSPS) is 14.8. The number of benzene rings is 1. The molecular formula is C23H36N5OS+. The van der Waals surface area contributed by atoms with Crippen molar-refractivity contribution in [3.8, 4) is 0 Å². The maximum atomic E-state index is 12.7. The summed E-state index contributed by atoms with van der Waals surface area (Å²) in [4.78, 5) is 23.4. The maximum absolute atomic E-state index is 12.7. The lowest BCUT2D eigenvalue weighted by molar-refractivity contribution is -0.902. The molecule has 1 fully saturated rings. The Morgan fingerprint density at radius 1 is 1.17 bits per heavy atom. The number of carbonyl (C=O) groups is 1. The first-order chi connectivity index (χ1) is 14.6. The molecule has 0 spiro atoms. The van der Waals surface area contributed by atoms with Gasteiger partial charge in [-0.1, -0.05) is 43.2 Å². The third-order valence-corrected chi connectivity index (χ3v) is 6.73. The van der Waals surface area contributed by atoms with E-state index in [1.807, 2.05) is 4.90 Å². The molecule has 1 aromatic heterocycles. The van der Waals surface area contributed by atoms with Gasteiger partial charge in [0.15, 0.2) is 0 Å². The number of carbonyl (C=O) groups excluding carboxylic acids is 1. The van der Waals surface area contributed by atoms with Gasteiger partial charge in [0.05, 0.1) is 32.7 Å². The Labute approximate surface area is 185 Å². The van der Waals surface area contributed by atoms with Crippen LogP contribution in [0, 0.1) is 6.92 Å². The molecule has 0 bridgehead atoms. The number of anilines is 1. The predicted octanol–water partition coefficient (Wildman–Crippen LogP) is 2.18. The van der Waals surface area contributed by atoms with Gasteiger partial charge < -0.3 is 14.7 Å². The Bertz CT molecular complexity index is 783. The van der Waals surface area contributed by atoms with Crippen LogP contribution < -0.4 is 9.80 Å². The Morgan fingerprint density at radius 2 is 1.90 bits per heavy atom. The predicted molar refractivity (Wildman–Crippen MR) is 123 cm³/mol. The minimum Gasteiger partial charge on any atom is -0.346 e. The molecule has 7 heteroatoms. The van der Waals surface area contributed by atoms with Crippen molar-refractivity contribution >= 4 is 22.6 Å². The van der Waals surface area contributed by atoms with Crippen molar-refractivity contribution in [1.29, 1.82) is 0 Å². The van der Waals surface area contributed by atoms with Crippen molar-refractivity contribution in [1.82, 2.24) is 14.3 Å². The summed E-state index contributed by atoms with van der Waals surface area (Å²) in [7, 11) is 0. The summed E-state index contributed by atoms with van der Waals surface area (Å²) in [5, 5.41) is 0.943. The summed E-state index contributed by atoms with van der Waals surface area (Å²) in [5.74, 6) is 1.14. The van der Waals surface area contributed by atoms with Crippen molar-refractivity contribution in [2.45, 2.75) is 46.5 Å². The summed E-state index contributed by atoms with van der Waals surface area (Å²) >= 11 is 1.46. The van der Waals surface area contributed by atoms with Crippen LogP contribution in [0.2, 0.25) is 0 Å².